The molecule has 348 valence electrons. The predicted molar refractivity (Wildman–Crippen MR) is 209 cm³/mol. The van der Waals surface area contributed by atoms with Crippen molar-refractivity contribution in [1.29, 1.82) is 0 Å². The fraction of sp³-hybridized carbons (Fsp3) is 0.167. The summed E-state index contributed by atoms with van der Waals surface area (Å²) in [6.07, 6.45) is 10.1. The largest absolute Gasteiger partial charge is 2.00 e. The zero-order valence-electron chi connectivity index (χ0n) is 33.3. The van der Waals surface area contributed by atoms with Gasteiger partial charge in [-0.15, -0.1) is 0 Å². The van der Waals surface area contributed by atoms with Crippen LogP contribution in [0.25, 0.3) is 34.2 Å². The van der Waals surface area contributed by atoms with E-state index >= 15 is 0 Å². The summed E-state index contributed by atoms with van der Waals surface area (Å²) in [5.41, 5.74) is 4.57. The third-order valence-electron chi connectivity index (χ3n) is 6.59. The van der Waals surface area contributed by atoms with E-state index in [9.17, 15) is 50.4 Å². The molecular weight excluding hydrogens is 1000 g/mol. The van der Waals surface area contributed by atoms with E-state index in [1.165, 1.54) is 0 Å². The number of hydrogen-bond acceptors (Lipinski definition) is 12. The number of rotatable bonds is 9. The van der Waals surface area contributed by atoms with Gasteiger partial charge in [-0.3, -0.25) is 29.9 Å². The van der Waals surface area contributed by atoms with Crippen LogP contribution in [0.2, 0.25) is 0 Å². The van der Waals surface area contributed by atoms with Gasteiger partial charge in [0.05, 0.1) is 76.8 Å². The first-order chi connectivity index (χ1) is 28.4. The molecule has 0 unspecified atom stereocenters. The van der Waals surface area contributed by atoms with Crippen LogP contribution in [0, 0.1) is 0 Å². The SMILES string of the molecule is COc1ccnc(-c2cc(OC)ccn2)c1.COc1ccnc(-c2cc(OC)ccn2)c1.COc1ccnc(-c2cc(OC)ccn2)c1.F[P-](F)(F)(F)(F)F.F[P-](F)(F)(F)(F)F.[Ru+2]. The molecule has 0 saturated heterocycles. The molecule has 12 nitrogen and oxygen atoms in total. The topological polar surface area (TPSA) is 133 Å². The smallest absolute Gasteiger partial charge is 2.00 e. The molecule has 0 saturated carbocycles. The van der Waals surface area contributed by atoms with Crippen molar-refractivity contribution in [2.24, 2.45) is 0 Å². The molecule has 0 N–H and O–H groups in total. The third-order valence-corrected chi connectivity index (χ3v) is 6.59. The Bertz CT molecular complexity index is 1970. The van der Waals surface area contributed by atoms with Crippen molar-refractivity contribution in [3.05, 3.63) is 110 Å². The van der Waals surface area contributed by atoms with Crippen molar-refractivity contribution in [2.45, 2.75) is 0 Å². The minimum atomic E-state index is -10.7. The number of hydrogen-bond donors (Lipinski definition) is 0. The van der Waals surface area contributed by atoms with Crippen LogP contribution in [0.4, 0.5) is 50.4 Å². The van der Waals surface area contributed by atoms with E-state index in [0.717, 1.165) is 68.7 Å². The average molecular weight is 1040 g/mol. The summed E-state index contributed by atoms with van der Waals surface area (Å²) in [6.45, 7) is 0. The molecule has 63 heavy (non-hydrogen) atoms. The minimum absolute atomic E-state index is 0. The quantitative estimate of drug-likeness (QED) is 0.0775. The van der Waals surface area contributed by atoms with E-state index in [-0.39, 0.29) is 19.5 Å². The number of pyridine rings is 6. The Kier molecular flexibility index (Phi) is 18.6. The van der Waals surface area contributed by atoms with Crippen LogP contribution in [0.15, 0.2) is 110 Å². The number of halogens is 12. The molecular formula is C36H36F12N6O6P2Ru. The Labute approximate surface area is 364 Å². The average Bonchev–Trinajstić information content (AvgIpc) is 3.22. The molecule has 0 radical (unpaired) electrons. The van der Waals surface area contributed by atoms with Gasteiger partial charge in [0.2, 0.25) is 0 Å². The van der Waals surface area contributed by atoms with E-state index in [1.807, 2.05) is 36.4 Å². The maximum Gasteiger partial charge on any atom is 2.00 e. The number of methoxy groups -OCH3 is 6. The minimum Gasteiger partial charge on any atom is 2.00 e. The second kappa shape index (κ2) is 21.1. The van der Waals surface area contributed by atoms with Crippen molar-refractivity contribution in [3.63, 3.8) is 0 Å². The van der Waals surface area contributed by atoms with Crippen LogP contribution >= 0.6 is 15.6 Å². The van der Waals surface area contributed by atoms with E-state index < -0.39 is 15.6 Å². The molecule has 6 heterocycles. The van der Waals surface area contributed by atoms with Crippen LogP contribution in [0.5, 0.6) is 34.5 Å². The van der Waals surface area contributed by atoms with Gasteiger partial charge in [-0.2, -0.15) is 0 Å². The van der Waals surface area contributed by atoms with Crippen LogP contribution in [0.3, 0.4) is 0 Å². The monoisotopic (exact) mass is 1040 g/mol. The predicted octanol–water partition coefficient (Wildman–Crippen LogP) is 13.2. The zero-order chi connectivity index (χ0) is 47.0. The van der Waals surface area contributed by atoms with E-state index in [4.69, 9.17) is 28.4 Å². The van der Waals surface area contributed by atoms with Crippen LogP contribution in [0.1, 0.15) is 0 Å². The molecule has 0 aliphatic rings. The molecule has 0 atom stereocenters. The molecule has 0 aliphatic carbocycles. The molecule has 0 aliphatic heterocycles. The fourth-order valence-corrected chi connectivity index (χ4v) is 4.07. The molecule has 0 bridgehead atoms. The Hall–Kier alpha value is -5.66. The summed E-state index contributed by atoms with van der Waals surface area (Å²) in [4.78, 5) is 25.4. The number of aromatic nitrogens is 6. The maximum atomic E-state index is 9.87. The number of nitrogens with zero attached hydrogens (tertiary/aromatic N) is 6. The summed E-state index contributed by atoms with van der Waals surface area (Å²) in [5.74, 6) is 4.55. The molecule has 6 aromatic rings. The standard InChI is InChI=1S/3C12H12N2O2.2F6P.Ru/c3*1-15-9-3-5-13-11(7-9)12-8-10(16-2)4-6-14-12;2*1-7(2,3,4,5)6;/h3*3-8H,1-2H3;;;/q;;;2*-1;+2. The van der Waals surface area contributed by atoms with Gasteiger partial charge in [-0.25, -0.2) is 0 Å². The summed E-state index contributed by atoms with van der Waals surface area (Å²) in [5, 5.41) is 0. The van der Waals surface area contributed by atoms with Gasteiger partial charge in [0.25, 0.3) is 0 Å². The Balaban J connectivity index is 0.000000409. The van der Waals surface area contributed by atoms with Gasteiger partial charge in [0.1, 0.15) is 34.5 Å². The summed E-state index contributed by atoms with van der Waals surface area (Å²) >= 11 is 0. The first-order valence-corrected chi connectivity index (χ1v) is 20.6. The van der Waals surface area contributed by atoms with Crippen molar-refractivity contribution < 1.29 is 98.3 Å². The molecule has 0 fully saturated rings. The molecule has 6 aromatic heterocycles. The van der Waals surface area contributed by atoms with Gasteiger partial charge in [-0.1, -0.05) is 0 Å². The zero-order valence-corrected chi connectivity index (χ0v) is 36.8. The normalized spacial score (nSPS) is 12.7. The Morgan fingerprint density at radius 3 is 0.492 bits per heavy atom. The van der Waals surface area contributed by atoms with E-state index in [1.54, 1.807) is 116 Å². The van der Waals surface area contributed by atoms with Gasteiger partial charge < -0.3 is 28.4 Å². The second-order valence-electron chi connectivity index (χ2n) is 11.4. The summed E-state index contributed by atoms with van der Waals surface area (Å²) in [7, 11) is -11.6. The summed E-state index contributed by atoms with van der Waals surface area (Å²) in [6, 6.07) is 21.8. The first-order valence-electron chi connectivity index (χ1n) is 16.5. The third kappa shape index (κ3) is 27.1. The van der Waals surface area contributed by atoms with Crippen LogP contribution in [-0.4, -0.2) is 72.6 Å². The molecule has 27 heteroatoms. The Morgan fingerprint density at radius 1 is 0.286 bits per heavy atom. The van der Waals surface area contributed by atoms with Gasteiger partial charge in [0.15, 0.2) is 0 Å². The first kappa shape index (κ1) is 55.4. The van der Waals surface area contributed by atoms with Gasteiger partial charge in [0, 0.05) is 73.6 Å². The van der Waals surface area contributed by atoms with Gasteiger partial charge >= 0.3 is 85.5 Å². The Morgan fingerprint density at radius 2 is 0.397 bits per heavy atom. The van der Waals surface area contributed by atoms with Crippen molar-refractivity contribution in [3.8, 4) is 68.7 Å². The maximum absolute atomic E-state index is 10.7. The van der Waals surface area contributed by atoms with Crippen LogP contribution in [-0.2, 0) is 19.5 Å². The molecule has 6 rings (SSSR count). The number of ether oxygens (including phenoxy) is 6. The summed E-state index contributed by atoms with van der Waals surface area (Å²) < 4.78 is 149. The molecule has 0 aromatic carbocycles. The van der Waals surface area contributed by atoms with Gasteiger partial charge in [-0.05, 0) is 36.4 Å². The van der Waals surface area contributed by atoms with Crippen LogP contribution < -0.4 is 28.4 Å². The molecule has 0 amide bonds. The van der Waals surface area contributed by atoms with E-state index in [2.05, 4.69) is 29.9 Å². The van der Waals surface area contributed by atoms with Crippen molar-refractivity contribution in [1.82, 2.24) is 29.9 Å². The molecule has 0 spiro atoms. The van der Waals surface area contributed by atoms with E-state index in [0.29, 0.717) is 0 Å². The van der Waals surface area contributed by atoms with Crippen molar-refractivity contribution in [2.75, 3.05) is 42.7 Å². The second-order valence-corrected chi connectivity index (χ2v) is 15.2. The van der Waals surface area contributed by atoms with Crippen molar-refractivity contribution >= 4 is 15.6 Å². The fourth-order valence-electron chi connectivity index (χ4n) is 4.07.